The zero-order chi connectivity index (χ0) is 29.5. The van der Waals surface area contributed by atoms with E-state index in [4.69, 9.17) is 4.74 Å². The first-order chi connectivity index (χ1) is 19.6. The number of carbonyl (C=O) groups excluding carboxylic acids is 1. The van der Waals surface area contributed by atoms with Crippen molar-refractivity contribution in [2.24, 2.45) is 5.92 Å². The van der Waals surface area contributed by atoms with Crippen LogP contribution < -0.4 is 0 Å². The summed E-state index contributed by atoms with van der Waals surface area (Å²) in [6, 6.07) is 0. The molecule has 0 amide bonds. The summed E-state index contributed by atoms with van der Waals surface area (Å²) in [7, 11) is 0. The van der Waals surface area contributed by atoms with E-state index in [1.54, 1.807) is 0 Å². The van der Waals surface area contributed by atoms with Gasteiger partial charge in [-0.2, -0.15) is 0 Å². The Morgan fingerprint density at radius 3 is 1.27 bits per heavy atom. The maximum atomic E-state index is 13.0. The van der Waals surface area contributed by atoms with Gasteiger partial charge in [-0.15, -0.1) is 0 Å². The quantitative estimate of drug-likeness (QED) is 0.0359. The van der Waals surface area contributed by atoms with E-state index in [9.17, 15) is 4.79 Å². The SMILES string of the molecule is CCCCCC=CCCCC(CCC/C=C\CCCCC)C(CCCC=CCCCCC)OC(=O)C(Br)CCC. The second kappa shape index (κ2) is 31.1. The van der Waals surface area contributed by atoms with Crippen LogP contribution in [0.15, 0.2) is 36.5 Å². The number of esters is 1. The number of alkyl halides is 1. The van der Waals surface area contributed by atoms with Crippen LogP contribution in [0.25, 0.3) is 0 Å². The second-order valence-corrected chi connectivity index (χ2v) is 12.8. The molecule has 2 nitrogen and oxygen atoms in total. The Morgan fingerprint density at radius 2 is 0.900 bits per heavy atom. The highest BCUT2D eigenvalue weighted by molar-refractivity contribution is 9.10. The number of hydrogen-bond donors (Lipinski definition) is 0. The van der Waals surface area contributed by atoms with Gasteiger partial charge in [0, 0.05) is 0 Å². The van der Waals surface area contributed by atoms with E-state index < -0.39 is 0 Å². The molecule has 0 rings (SSSR count). The minimum atomic E-state index is -0.184. The zero-order valence-electron chi connectivity index (χ0n) is 27.2. The van der Waals surface area contributed by atoms with Crippen LogP contribution in [0, 0.1) is 5.92 Å². The van der Waals surface area contributed by atoms with E-state index in [0.717, 1.165) is 57.8 Å². The van der Waals surface area contributed by atoms with Crippen molar-refractivity contribution >= 4 is 21.9 Å². The third-order valence-corrected chi connectivity index (χ3v) is 8.60. The van der Waals surface area contributed by atoms with Crippen molar-refractivity contribution in [2.45, 2.75) is 186 Å². The number of carbonyl (C=O) groups is 1. The first-order valence-electron chi connectivity index (χ1n) is 17.4. The number of unbranched alkanes of at least 4 members (excludes halogenated alkanes) is 12. The molecule has 0 fully saturated rings. The molecule has 0 saturated carbocycles. The highest BCUT2D eigenvalue weighted by Gasteiger charge is 2.27. The van der Waals surface area contributed by atoms with E-state index >= 15 is 0 Å². The first-order valence-corrected chi connectivity index (χ1v) is 18.3. The summed E-state index contributed by atoms with van der Waals surface area (Å²) in [4.78, 5) is 12.8. The highest BCUT2D eigenvalue weighted by atomic mass is 79.9. The zero-order valence-corrected chi connectivity index (χ0v) is 28.7. The van der Waals surface area contributed by atoms with Crippen LogP contribution in [0.2, 0.25) is 0 Å². The lowest BCUT2D eigenvalue weighted by Crippen LogP contribution is -2.31. The summed E-state index contributed by atoms with van der Waals surface area (Å²) in [5, 5.41) is 0. The summed E-state index contributed by atoms with van der Waals surface area (Å²) in [6.45, 7) is 8.91. The molecule has 0 aliphatic carbocycles. The summed E-state index contributed by atoms with van der Waals surface area (Å²) in [5.74, 6) is 0.388. The van der Waals surface area contributed by atoms with Crippen molar-refractivity contribution in [1.29, 1.82) is 0 Å². The van der Waals surface area contributed by atoms with E-state index in [-0.39, 0.29) is 16.9 Å². The van der Waals surface area contributed by atoms with Crippen molar-refractivity contribution in [2.75, 3.05) is 0 Å². The molecule has 0 radical (unpaired) electrons. The Hall–Kier alpha value is -0.830. The van der Waals surface area contributed by atoms with Crippen LogP contribution in [0.4, 0.5) is 0 Å². The van der Waals surface area contributed by atoms with Gasteiger partial charge in [-0.25, -0.2) is 0 Å². The normalized spacial score (nSPS) is 14.4. The molecule has 0 bridgehead atoms. The van der Waals surface area contributed by atoms with Gasteiger partial charge in [0.1, 0.15) is 10.9 Å². The van der Waals surface area contributed by atoms with Crippen molar-refractivity contribution in [3.63, 3.8) is 0 Å². The van der Waals surface area contributed by atoms with Gasteiger partial charge in [0.25, 0.3) is 0 Å². The van der Waals surface area contributed by atoms with E-state index in [2.05, 4.69) is 80.1 Å². The molecule has 3 heteroatoms. The first kappa shape index (κ1) is 39.2. The molecule has 0 aliphatic heterocycles. The van der Waals surface area contributed by atoms with Crippen LogP contribution in [-0.2, 0) is 9.53 Å². The lowest BCUT2D eigenvalue weighted by Gasteiger charge is -2.28. The molecule has 0 aliphatic rings. The van der Waals surface area contributed by atoms with Crippen LogP contribution in [0.5, 0.6) is 0 Å². The largest absolute Gasteiger partial charge is 0.461 e. The van der Waals surface area contributed by atoms with Gasteiger partial charge in [0.2, 0.25) is 0 Å². The van der Waals surface area contributed by atoms with Gasteiger partial charge >= 0.3 is 5.97 Å². The van der Waals surface area contributed by atoms with E-state index in [1.807, 2.05) is 0 Å². The van der Waals surface area contributed by atoms with Gasteiger partial charge in [0.05, 0.1) is 0 Å². The van der Waals surface area contributed by atoms with E-state index in [0.29, 0.717) is 5.92 Å². The second-order valence-electron chi connectivity index (χ2n) is 11.7. The minimum absolute atomic E-state index is 0.0277. The molecular formula is C37H67BrO2. The number of ether oxygens (including phenoxy) is 1. The summed E-state index contributed by atoms with van der Waals surface area (Å²) in [5.41, 5.74) is 0. The molecule has 0 aromatic carbocycles. The molecule has 0 saturated heterocycles. The summed E-state index contributed by atoms with van der Waals surface area (Å²) >= 11 is 3.60. The fourth-order valence-electron chi connectivity index (χ4n) is 5.18. The Balaban J connectivity index is 5.14. The molecule has 0 aromatic heterocycles. The number of hydrogen-bond acceptors (Lipinski definition) is 2. The van der Waals surface area contributed by atoms with E-state index in [1.165, 1.54) is 89.9 Å². The predicted molar refractivity (Wildman–Crippen MR) is 182 cm³/mol. The third-order valence-electron chi connectivity index (χ3n) is 7.77. The topological polar surface area (TPSA) is 26.3 Å². The van der Waals surface area contributed by atoms with Gasteiger partial charge in [-0.3, -0.25) is 4.79 Å². The summed E-state index contributed by atoms with van der Waals surface area (Å²) < 4.78 is 6.29. The number of rotatable bonds is 29. The summed E-state index contributed by atoms with van der Waals surface area (Å²) in [6.07, 6.45) is 41.4. The third kappa shape index (κ3) is 24.9. The fraction of sp³-hybridized carbons (Fsp3) is 0.811. The van der Waals surface area contributed by atoms with Crippen molar-refractivity contribution in [3.05, 3.63) is 36.5 Å². The van der Waals surface area contributed by atoms with Crippen molar-refractivity contribution < 1.29 is 9.53 Å². The van der Waals surface area contributed by atoms with Gasteiger partial charge in [-0.05, 0) is 109 Å². The van der Waals surface area contributed by atoms with Crippen molar-refractivity contribution in [1.82, 2.24) is 0 Å². The van der Waals surface area contributed by atoms with Crippen LogP contribution in [0.1, 0.15) is 175 Å². The number of allylic oxidation sites excluding steroid dienone is 6. The Morgan fingerprint density at radius 1 is 0.525 bits per heavy atom. The number of halogens is 1. The van der Waals surface area contributed by atoms with Crippen LogP contribution >= 0.6 is 15.9 Å². The molecule has 3 atom stereocenters. The Kier molecular flexibility index (Phi) is 30.5. The molecule has 40 heavy (non-hydrogen) atoms. The van der Waals surface area contributed by atoms with Gasteiger partial charge in [0.15, 0.2) is 0 Å². The maximum Gasteiger partial charge on any atom is 0.319 e. The fourth-order valence-corrected chi connectivity index (χ4v) is 5.74. The standard InChI is InChI=1S/C37H67BrO2/c1-5-9-12-15-18-21-24-27-31-34(32-28-25-22-19-16-13-10-6-2)36(40-37(39)35(38)30-8-4)33-29-26-23-20-17-14-11-7-3/h18-23,34-36H,5-17,24-33H2,1-4H3/b21-18-,22-19?,23-20?. The molecule has 234 valence electrons. The smallest absolute Gasteiger partial charge is 0.319 e. The Labute approximate surface area is 259 Å². The van der Waals surface area contributed by atoms with Crippen LogP contribution in [-0.4, -0.2) is 16.9 Å². The molecular weight excluding hydrogens is 556 g/mol. The molecule has 0 spiro atoms. The average molecular weight is 624 g/mol. The molecule has 0 aromatic rings. The lowest BCUT2D eigenvalue weighted by atomic mass is 9.87. The van der Waals surface area contributed by atoms with Gasteiger partial charge in [-0.1, -0.05) is 125 Å². The molecule has 0 N–H and O–H groups in total. The van der Waals surface area contributed by atoms with Crippen LogP contribution in [0.3, 0.4) is 0 Å². The van der Waals surface area contributed by atoms with Crippen molar-refractivity contribution in [3.8, 4) is 0 Å². The Bertz CT molecular complexity index is 598. The van der Waals surface area contributed by atoms with Gasteiger partial charge < -0.3 is 4.74 Å². The maximum absolute atomic E-state index is 13.0. The minimum Gasteiger partial charge on any atom is -0.461 e. The lowest BCUT2D eigenvalue weighted by molar-refractivity contribution is -0.152. The highest BCUT2D eigenvalue weighted by Crippen LogP contribution is 2.28. The average Bonchev–Trinajstić information content (AvgIpc) is 2.95. The predicted octanol–water partition coefficient (Wildman–Crippen LogP) is 13.0. The molecule has 3 unspecified atom stereocenters. The molecule has 0 heterocycles. The monoisotopic (exact) mass is 622 g/mol.